The number of carbonyl (C=O) groups excluding carboxylic acids is 2. The van der Waals surface area contributed by atoms with Crippen LogP contribution in [0.1, 0.15) is 0 Å². The van der Waals surface area contributed by atoms with Gasteiger partial charge >= 0.3 is 6.03 Å². The number of nitrogens with zero attached hydrogens (tertiary/aromatic N) is 1. The summed E-state index contributed by atoms with van der Waals surface area (Å²) in [5.74, 6) is -0.219. The minimum Gasteiger partial charge on any atom is -0.383 e. The van der Waals surface area contributed by atoms with Crippen LogP contribution in [0.2, 0.25) is 0 Å². The second kappa shape index (κ2) is 7.86. The molecule has 3 amide bonds. The van der Waals surface area contributed by atoms with Crippen LogP contribution in [0.15, 0.2) is 0 Å². The van der Waals surface area contributed by atoms with Gasteiger partial charge in [-0.15, -0.1) is 0 Å². The molecule has 0 aliphatic carbocycles. The van der Waals surface area contributed by atoms with Gasteiger partial charge in [-0.05, 0) is 0 Å². The molecule has 0 radical (unpaired) electrons. The van der Waals surface area contributed by atoms with E-state index in [4.69, 9.17) is 9.47 Å². The summed E-state index contributed by atoms with van der Waals surface area (Å²) in [6.45, 7) is 3.13. The Balaban J connectivity index is 2.11. The number of carbonyl (C=O) groups is 2. The molecule has 1 heterocycles. The zero-order valence-electron chi connectivity index (χ0n) is 10.0. The first-order chi connectivity index (χ1) is 8.24. The summed E-state index contributed by atoms with van der Waals surface area (Å²) in [4.78, 5) is 24.5. The van der Waals surface area contributed by atoms with Crippen molar-refractivity contribution in [3.63, 3.8) is 0 Å². The number of hydrogen-bond donors (Lipinski definition) is 2. The van der Waals surface area contributed by atoms with Crippen molar-refractivity contribution in [1.29, 1.82) is 0 Å². The molecule has 1 fully saturated rings. The van der Waals surface area contributed by atoms with Gasteiger partial charge in [0.05, 0.1) is 26.4 Å². The molecule has 0 aromatic carbocycles. The molecule has 0 bridgehead atoms. The van der Waals surface area contributed by atoms with Crippen LogP contribution in [0, 0.1) is 0 Å². The van der Waals surface area contributed by atoms with Crippen molar-refractivity contribution in [2.45, 2.75) is 0 Å². The van der Waals surface area contributed by atoms with Crippen LogP contribution in [0.5, 0.6) is 0 Å². The molecule has 0 aromatic heterocycles. The van der Waals surface area contributed by atoms with Gasteiger partial charge in [-0.3, -0.25) is 4.79 Å². The maximum Gasteiger partial charge on any atom is 0.317 e. The van der Waals surface area contributed by atoms with Gasteiger partial charge in [-0.2, -0.15) is 0 Å². The predicted molar refractivity (Wildman–Crippen MR) is 60.7 cm³/mol. The molecule has 17 heavy (non-hydrogen) atoms. The van der Waals surface area contributed by atoms with Crippen LogP contribution >= 0.6 is 0 Å². The molecule has 1 rings (SSSR count). The molecule has 0 unspecified atom stereocenters. The number of morpholine rings is 1. The molecule has 1 saturated heterocycles. The number of nitrogens with one attached hydrogen (secondary N) is 2. The maximum absolute atomic E-state index is 11.6. The van der Waals surface area contributed by atoms with E-state index in [1.165, 1.54) is 0 Å². The lowest BCUT2D eigenvalue weighted by molar-refractivity contribution is -0.120. The third kappa shape index (κ3) is 5.50. The summed E-state index contributed by atoms with van der Waals surface area (Å²) in [5, 5.41) is 5.18. The molecule has 0 spiro atoms. The molecule has 0 atom stereocenters. The van der Waals surface area contributed by atoms with Crippen LogP contribution in [-0.4, -0.2) is 69.9 Å². The third-order valence-electron chi connectivity index (χ3n) is 2.33. The highest BCUT2D eigenvalue weighted by molar-refractivity contribution is 5.83. The molecule has 1 aliphatic heterocycles. The van der Waals surface area contributed by atoms with Gasteiger partial charge in [0, 0.05) is 26.7 Å². The predicted octanol–water partition coefficient (Wildman–Crippen LogP) is -1.21. The standard InChI is InChI=1S/C10H19N3O4/c1-16-5-2-11-9(14)8-12-10(15)13-3-6-17-7-4-13/h2-8H2,1H3,(H,11,14)(H,12,15). The van der Waals surface area contributed by atoms with Gasteiger partial charge in [-0.25, -0.2) is 4.79 Å². The third-order valence-corrected chi connectivity index (χ3v) is 2.33. The van der Waals surface area contributed by atoms with E-state index in [1.54, 1.807) is 12.0 Å². The van der Waals surface area contributed by atoms with E-state index < -0.39 is 0 Å². The number of amides is 3. The highest BCUT2D eigenvalue weighted by atomic mass is 16.5. The summed E-state index contributed by atoms with van der Waals surface area (Å²) < 4.78 is 9.91. The second-order valence-electron chi connectivity index (χ2n) is 3.60. The highest BCUT2D eigenvalue weighted by Gasteiger charge is 2.16. The van der Waals surface area contributed by atoms with Crippen molar-refractivity contribution in [2.75, 3.05) is 53.1 Å². The molecule has 2 N–H and O–H groups in total. The molecule has 7 heteroatoms. The Morgan fingerprint density at radius 3 is 2.65 bits per heavy atom. The number of urea groups is 1. The Morgan fingerprint density at radius 2 is 2.00 bits per heavy atom. The minimum atomic E-state index is -0.227. The zero-order valence-corrected chi connectivity index (χ0v) is 10.0. The van der Waals surface area contributed by atoms with Crippen molar-refractivity contribution < 1.29 is 19.1 Å². The Hall–Kier alpha value is -1.34. The first-order valence-electron chi connectivity index (χ1n) is 5.60. The van der Waals surface area contributed by atoms with Crippen LogP contribution in [-0.2, 0) is 14.3 Å². The fraction of sp³-hybridized carbons (Fsp3) is 0.800. The van der Waals surface area contributed by atoms with Gasteiger partial charge < -0.3 is 25.0 Å². The normalized spacial score (nSPS) is 15.5. The monoisotopic (exact) mass is 245 g/mol. The van der Waals surface area contributed by atoms with Crippen LogP contribution < -0.4 is 10.6 Å². The maximum atomic E-state index is 11.6. The van der Waals surface area contributed by atoms with Gasteiger partial charge in [0.2, 0.25) is 5.91 Å². The molecular formula is C10H19N3O4. The Morgan fingerprint density at radius 1 is 1.29 bits per heavy atom. The van der Waals surface area contributed by atoms with Gasteiger partial charge in [0.15, 0.2) is 0 Å². The quantitative estimate of drug-likeness (QED) is 0.596. The fourth-order valence-corrected chi connectivity index (χ4v) is 1.39. The van der Waals surface area contributed by atoms with E-state index in [0.29, 0.717) is 39.5 Å². The molecule has 98 valence electrons. The number of rotatable bonds is 5. The molecular weight excluding hydrogens is 226 g/mol. The lowest BCUT2D eigenvalue weighted by Gasteiger charge is -2.26. The van der Waals surface area contributed by atoms with E-state index in [1.807, 2.05) is 0 Å². The zero-order chi connectivity index (χ0) is 12.5. The summed E-state index contributed by atoms with van der Waals surface area (Å²) in [7, 11) is 1.56. The summed E-state index contributed by atoms with van der Waals surface area (Å²) >= 11 is 0. The summed E-state index contributed by atoms with van der Waals surface area (Å²) in [6, 6.07) is -0.227. The highest BCUT2D eigenvalue weighted by Crippen LogP contribution is 1.96. The number of ether oxygens (including phenoxy) is 2. The molecule has 7 nitrogen and oxygen atoms in total. The second-order valence-corrected chi connectivity index (χ2v) is 3.60. The van der Waals surface area contributed by atoms with Crippen molar-refractivity contribution in [1.82, 2.24) is 15.5 Å². The molecule has 0 aromatic rings. The van der Waals surface area contributed by atoms with E-state index in [-0.39, 0.29) is 18.5 Å². The summed E-state index contributed by atoms with van der Waals surface area (Å²) in [5.41, 5.74) is 0. The van der Waals surface area contributed by atoms with Gasteiger partial charge in [0.1, 0.15) is 0 Å². The number of hydrogen-bond acceptors (Lipinski definition) is 4. The first-order valence-corrected chi connectivity index (χ1v) is 5.60. The van der Waals surface area contributed by atoms with E-state index in [2.05, 4.69) is 10.6 Å². The van der Waals surface area contributed by atoms with E-state index in [0.717, 1.165) is 0 Å². The van der Waals surface area contributed by atoms with Crippen LogP contribution in [0.3, 0.4) is 0 Å². The fourth-order valence-electron chi connectivity index (χ4n) is 1.39. The van der Waals surface area contributed by atoms with Crippen molar-refractivity contribution in [2.24, 2.45) is 0 Å². The van der Waals surface area contributed by atoms with Crippen molar-refractivity contribution in [3.05, 3.63) is 0 Å². The number of methoxy groups -OCH3 is 1. The van der Waals surface area contributed by atoms with Crippen LogP contribution in [0.4, 0.5) is 4.79 Å². The van der Waals surface area contributed by atoms with Gasteiger partial charge in [-0.1, -0.05) is 0 Å². The Labute approximate surface area is 100 Å². The Kier molecular flexibility index (Phi) is 6.34. The average Bonchev–Trinajstić information content (AvgIpc) is 2.37. The van der Waals surface area contributed by atoms with Crippen molar-refractivity contribution >= 4 is 11.9 Å². The summed E-state index contributed by atoms with van der Waals surface area (Å²) in [6.07, 6.45) is 0. The first kappa shape index (κ1) is 13.7. The lowest BCUT2D eigenvalue weighted by atomic mass is 10.4. The van der Waals surface area contributed by atoms with Gasteiger partial charge in [0.25, 0.3) is 0 Å². The topological polar surface area (TPSA) is 79.9 Å². The van der Waals surface area contributed by atoms with Crippen molar-refractivity contribution in [3.8, 4) is 0 Å². The largest absolute Gasteiger partial charge is 0.383 e. The molecule has 0 saturated carbocycles. The minimum absolute atomic E-state index is 0.0140. The van der Waals surface area contributed by atoms with E-state index in [9.17, 15) is 9.59 Å². The van der Waals surface area contributed by atoms with Crippen LogP contribution in [0.25, 0.3) is 0 Å². The lowest BCUT2D eigenvalue weighted by Crippen LogP contribution is -2.48. The Bertz CT molecular complexity index is 254. The average molecular weight is 245 g/mol. The SMILES string of the molecule is COCCNC(=O)CNC(=O)N1CCOCC1. The molecule has 1 aliphatic rings. The van der Waals surface area contributed by atoms with E-state index >= 15 is 0 Å². The smallest absolute Gasteiger partial charge is 0.317 e.